The van der Waals surface area contributed by atoms with E-state index in [9.17, 15) is 48.4 Å². The summed E-state index contributed by atoms with van der Waals surface area (Å²) in [4.78, 5) is 76.9. The summed E-state index contributed by atoms with van der Waals surface area (Å²) < 4.78 is 88.1. The van der Waals surface area contributed by atoms with Crippen LogP contribution in [0.2, 0.25) is 0 Å². The van der Waals surface area contributed by atoms with Crippen molar-refractivity contribution >= 4 is 47.1 Å². The van der Waals surface area contributed by atoms with Crippen molar-refractivity contribution < 1.29 is 95.8 Å². The van der Waals surface area contributed by atoms with E-state index in [4.69, 9.17) is 67.3 Å². The van der Waals surface area contributed by atoms with Crippen LogP contribution in [0, 0.1) is 25.5 Å². The van der Waals surface area contributed by atoms with Crippen LogP contribution in [-0.2, 0) is 108 Å². The summed E-state index contributed by atoms with van der Waals surface area (Å²) in [6, 6.07) is 30.9. The van der Waals surface area contributed by atoms with Crippen LogP contribution in [-0.4, -0.2) is 254 Å². The highest BCUT2D eigenvalue weighted by Gasteiger charge is 2.43. The summed E-state index contributed by atoms with van der Waals surface area (Å²) >= 11 is 0. The molecule has 8 saturated heterocycles. The van der Waals surface area contributed by atoms with Crippen molar-refractivity contribution in [2.45, 2.75) is 305 Å². The number of carbonyl (C=O) groups is 4. The van der Waals surface area contributed by atoms with Crippen LogP contribution in [0.1, 0.15) is 316 Å². The Kier molecular flexibility index (Phi) is 40.9. The molecule has 16 heterocycles. The monoisotopic (exact) mass is 2070 g/mol. The highest BCUT2D eigenvalue weighted by molar-refractivity contribution is 5.79. The van der Waals surface area contributed by atoms with Crippen LogP contribution in [0.5, 0.6) is 11.5 Å². The maximum Gasteiger partial charge on any atom is 0.325 e. The third-order valence-electron chi connectivity index (χ3n) is 31.6. The van der Waals surface area contributed by atoms with Gasteiger partial charge in [0, 0.05) is 177 Å². The zero-order valence-electron chi connectivity index (χ0n) is 88.3. The molecule has 4 aromatic carbocycles. The van der Waals surface area contributed by atoms with Gasteiger partial charge < -0.3 is 89.1 Å². The Morgan fingerprint density at radius 3 is 0.960 bits per heavy atom. The summed E-state index contributed by atoms with van der Waals surface area (Å²) in [6.45, 7) is 18.3. The number of rotatable bonds is 42. The van der Waals surface area contributed by atoms with Gasteiger partial charge in [-0.05, 0) is 324 Å². The molecule has 30 nitrogen and oxygen atoms in total. The third-order valence-corrected chi connectivity index (χ3v) is 31.6. The molecule has 4 aromatic heterocycles. The van der Waals surface area contributed by atoms with Crippen LogP contribution in [0.25, 0.3) is 0 Å². The van der Waals surface area contributed by atoms with E-state index in [0.29, 0.717) is 103 Å². The second kappa shape index (κ2) is 55.4. The first kappa shape index (κ1) is 111. The van der Waals surface area contributed by atoms with Gasteiger partial charge in [-0.15, -0.1) is 0 Å². The lowest BCUT2D eigenvalue weighted by molar-refractivity contribution is -0.144. The van der Waals surface area contributed by atoms with E-state index in [1.165, 1.54) is 46.5 Å². The molecule has 0 saturated carbocycles. The zero-order valence-corrected chi connectivity index (χ0v) is 88.3. The molecule has 0 aliphatic carbocycles. The van der Waals surface area contributed by atoms with E-state index in [0.717, 1.165) is 360 Å². The lowest BCUT2D eigenvalue weighted by atomic mass is 9.92. The molecule has 812 valence electrons. The SMILES string of the molecule is COc1cc(CCCCO[C@@H]2CCN([C@@H](C(=O)O)c3cc(C)ccc3[C@@H]3CCCO3)C2)nc2c1CCCN2.COc1cc(CCCCO[C@@H]2CCN([C@H](C(=O)O)c3cc(C)ccc3[C@@H]3CCCO3)C2)nc2c1CCCN2.O=C(O)[C@H](c1cc(F)ccc1[C@@H]1CCCCO1)N1CC[C@H](OCCCCc2ccc3c(n2)NCCC3)C1.O=C(O)[C@H](c1cc(F)ccc1[C@H]1CCCCO1)N1CC[C@H](OCCCCc2ccc3c(n2)NCCC3)C1. The summed E-state index contributed by atoms with van der Waals surface area (Å²) in [5.41, 5.74) is 17.8. The summed E-state index contributed by atoms with van der Waals surface area (Å²) in [5, 5.41) is 54.4. The largest absolute Gasteiger partial charge is 0.496 e. The molecule has 20 rings (SSSR count). The van der Waals surface area contributed by atoms with Crippen molar-refractivity contribution in [2.75, 3.05) is 167 Å². The van der Waals surface area contributed by atoms with Crippen molar-refractivity contribution in [1.82, 2.24) is 39.5 Å². The quantitative estimate of drug-likeness (QED) is 0.0165. The number of aliphatic carboxylic acids is 4. The number of ether oxygens (including phenoxy) is 10. The number of hydrogen-bond acceptors (Lipinski definition) is 26. The predicted molar refractivity (Wildman–Crippen MR) is 570 cm³/mol. The number of unbranched alkanes of at least 4 members (excludes halogenated alkanes) is 4. The Bertz CT molecular complexity index is 5380. The molecule has 32 heteroatoms. The first-order valence-corrected chi connectivity index (χ1v) is 55.9. The van der Waals surface area contributed by atoms with Crippen LogP contribution < -0.4 is 30.7 Å². The highest BCUT2D eigenvalue weighted by Crippen LogP contribution is 2.45. The van der Waals surface area contributed by atoms with Gasteiger partial charge in [0.2, 0.25) is 0 Å². The summed E-state index contributed by atoms with van der Waals surface area (Å²) in [5.74, 6) is 1.50. The lowest BCUT2D eigenvalue weighted by Crippen LogP contribution is -2.34. The number of carboxylic acids is 4. The van der Waals surface area contributed by atoms with Crippen molar-refractivity contribution in [3.05, 3.63) is 221 Å². The van der Waals surface area contributed by atoms with E-state index in [-0.39, 0.29) is 48.8 Å². The normalized spacial score (nSPS) is 22.5. The minimum absolute atomic E-state index is 0.0116. The van der Waals surface area contributed by atoms with Crippen molar-refractivity contribution in [3.63, 3.8) is 0 Å². The molecular weight excluding hydrogens is 1910 g/mol. The third kappa shape index (κ3) is 29.8. The van der Waals surface area contributed by atoms with E-state index in [1.807, 2.05) is 35.8 Å². The molecule has 8 aromatic rings. The fourth-order valence-corrected chi connectivity index (χ4v) is 23.8. The van der Waals surface area contributed by atoms with Gasteiger partial charge in [0.1, 0.15) is 70.6 Å². The number of hydrogen-bond donors (Lipinski definition) is 8. The number of carboxylic acid groups (broad SMARTS) is 4. The second-order valence-electron chi connectivity index (χ2n) is 42.5. The minimum atomic E-state index is -0.963. The number of halogens is 2. The van der Waals surface area contributed by atoms with Gasteiger partial charge in [-0.25, -0.2) is 28.7 Å². The topological polar surface area (TPSA) is 354 Å². The number of likely N-dealkylation sites (tertiary alicyclic amines) is 4. The molecule has 8 fully saturated rings. The van der Waals surface area contributed by atoms with Gasteiger partial charge in [0.25, 0.3) is 0 Å². The molecule has 0 unspecified atom stereocenters. The van der Waals surface area contributed by atoms with E-state index >= 15 is 0 Å². The molecule has 12 aliphatic rings. The fraction of sp³-hybridized carbons (Fsp3) is 0.593. The Labute approximate surface area is 882 Å². The van der Waals surface area contributed by atoms with Gasteiger partial charge in [-0.3, -0.25) is 38.8 Å². The Morgan fingerprint density at radius 1 is 0.347 bits per heavy atom. The van der Waals surface area contributed by atoms with Crippen LogP contribution in [0.3, 0.4) is 0 Å². The van der Waals surface area contributed by atoms with Crippen LogP contribution in [0.4, 0.5) is 32.1 Å². The zero-order chi connectivity index (χ0) is 104. The second-order valence-corrected chi connectivity index (χ2v) is 42.5. The molecular formula is C118H158F2N12O18. The molecule has 0 spiro atoms. The number of benzene rings is 4. The predicted octanol–water partition coefficient (Wildman–Crippen LogP) is 19.8. The first-order chi connectivity index (χ1) is 73.2. The molecule has 12 atom stereocenters. The number of aromatic nitrogens is 4. The smallest absolute Gasteiger partial charge is 0.325 e. The van der Waals surface area contributed by atoms with E-state index in [1.54, 1.807) is 26.4 Å². The van der Waals surface area contributed by atoms with Gasteiger partial charge in [-0.2, -0.15) is 0 Å². The average molecular weight is 2070 g/mol. The number of anilines is 4. The molecule has 150 heavy (non-hydrogen) atoms. The molecule has 0 amide bonds. The number of nitrogens with one attached hydrogen (secondary N) is 4. The summed E-state index contributed by atoms with van der Waals surface area (Å²) in [6.07, 6.45) is 32.6. The standard InChI is InChI=1S/2C30H41N3O5.2C29H38FN3O4/c2*1-20-10-11-23(26-9-6-16-38-26)25(17-20)28(30(34)35)33-14-12-22(19-33)37-15-4-3-7-21-18-27(36-2)24-8-5-13-31-29(24)32-21;2*30-21-10-12-24(26-8-2-4-17-37-26)25(18-21)27(29(34)35)33-15-13-23(19-33)36-16-3-1-7-22-11-9-20-6-5-14-31-28(20)32-22/h2*10-11,17-18,22,26,28H,3-9,12-16,19H2,1-2H3,(H,31,32)(H,34,35);2*9-12,18,23,26-27H,1-8,13-17,19H2,(H,31,32)(H,34,35)/t22-,26+,28+;22-,26+,28-;23-,26+,27-;23-,26-,27-/m1100/s1. The van der Waals surface area contributed by atoms with E-state index < -0.39 is 59.7 Å². The van der Waals surface area contributed by atoms with Crippen molar-refractivity contribution in [2.24, 2.45) is 0 Å². The Hall–Kier alpha value is -10.5. The van der Waals surface area contributed by atoms with Gasteiger partial charge >= 0.3 is 23.9 Å². The Morgan fingerprint density at radius 2 is 0.647 bits per heavy atom. The lowest BCUT2D eigenvalue weighted by Gasteiger charge is -2.30. The number of aryl methyl sites for hydroxylation is 8. The van der Waals surface area contributed by atoms with Crippen LogP contribution >= 0.6 is 0 Å². The van der Waals surface area contributed by atoms with Crippen LogP contribution in [0.15, 0.2) is 109 Å². The molecule has 0 radical (unpaired) electrons. The first-order valence-electron chi connectivity index (χ1n) is 55.9. The molecule has 12 aliphatic heterocycles. The highest BCUT2D eigenvalue weighted by atomic mass is 19.1. The van der Waals surface area contributed by atoms with Gasteiger partial charge in [-0.1, -0.05) is 71.8 Å². The Balaban J connectivity index is 0.000000136. The molecule has 0 bridgehead atoms. The summed E-state index contributed by atoms with van der Waals surface area (Å²) in [7, 11) is 3.45. The minimum Gasteiger partial charge on any atom is -0.496 e. The van der Waals surface area contributed by atoms with Crippen molar-refractivity contribution in [3.8, 4) is 11.5 Å². The fourth-order valence-electron chi connectivity index (χ4n) is 23.8. The van der Waals surface area contributed by atoms with Gasteiger partial charge in [0.05, 0.1) is 63.1 Å². The number of pyridine rings is 4. The number of fused-ring (bicyclic) bond motifs is 4. The number of methoxy groups -OCH3 is 2. The van der Waals surface area contributed by atoms with E-state index in [2.05, 4.69) is 91.7 Å². The maximum atomic E-state index is 14.3. The average Bonchev–Trinajstić information content (AvgIpc) is 1.73. The maximum absolute atomic E-state index is 14.3. The van der Waals surface area contributed by atoms with Gasteiger partial charge in [0.15, 0.2) is 0 Å². The van der Waals surface area contributed by atoms with Crippen molar-refractivity contribution in [1.29, 1.82) is 0 Å². The molecule has 8 N–H and O–H groups in total. The number of nitrogens with zero attached hydrogens (tertiary/aromatic N) is 8.